The fourth-order valence-corrected chi connectivity index (χ4v) is 4.18. The van der Waals surface area contributed by atoms with E-state index in [9.17, 15) is 4.79 Å². The Bertz CT molecular complexity index is 1120. The molecule has 0 radical (unpaired) electrons. The number of carbonyl (C=O) groups is 1. The van der Waals surface area contributed by atoms with Crippen molar-refractivity contribution in [3.63, 3.8) is 0 Å². The summed E-state index contributed by atoms with van der Waals surface area (Å²) in [6, 6.07) is 26.7. The predicted molar refractivity (Wildman–Crippen MR) is 106 cm³/mol. The third-order valence-corrected chi connectivity index (χ3v) is 5.39. The lowest BCUT2D eigenvalue weighted by atomic mass is 9.93. The van der Waals surface area contributed by atoms with Crippen LogP contribution in [0.25, 0.3) is 22.2 Å². The molecule has 2 heterocycles. The summed E-state index contributed by atoms with van der Waals surface area (Å²) >= 11 is 0. The topological polar surface area (TPSA) is 22.0 Å². The molecule has 0 saturated carbocycles. The van der Waals surface area contributed by atoms with E-state index in [4.69, 9.17) is 0 Å². The number of rotatable bonds is 3. The molecular formula is C24H19NO. The molecule has 126 valence electrons. The van der Waals surface area contributed by atoms with Gasteiger partial charge in [-0.2, -0.15) is 0 Å². The normalized spacial score (nSPS) is 12.6. The van der Waals surface area contributed by atoms with Gasteiger partial charge in [-0.3, -0.25) is 4.79 Å². The van der Waals surface area contributed by atoms with Crippen molar-refractivity contribution in [2.24, 2.45) is 0 Å². The number of fused-ring (bicyclic) bond motifs is 5. The van der Waals surface area contributed by atoms with E-state index < -0.39 is 0 Å². The third kappa shape index (κ3) is 2.30. The van der Waals surface area contributed by atoms with Crippen LogP contribution in [0.3, 0.4) is 0 Å². The summed E-state index contributed by atoms with van der Waals surface area (Å²) in [6.45, 7) is 0.965. The average molecular weight is 337 g/mol. The highest BCUT2D eigenvalue weighted by molar-refractivity contribution is 6.03. The Hall–Kier alpha value is -3.13. The van der Waals surface area contributed by atoms with E-state index in [-0.39, 0.29) is 5.78 Å². The zero-order chi connectivity index (χ0) is 17.5. The standard InChI is InChI=1S/C24H19NO/c26-23(18-9-2-1-3-10-18)16-21-20-12-6-7-13-22(20)25-15-14-17-8-4-5-11-19(17)24(21)25/h1-13H,14-16H2. The van der Waals surface area contributed by atoms with Crippen molar-refractivity contribution >= 4 is 16.7 Å². The highest BCUT2D eigenvalue weighted by Crippen LogP contribution is 2.39. The van der Waals surface area contributed by atoms with Crippen LogP contribution in [0, 0.1) is 0 Å². The first-order chi connectivity index (χ1) is 12.8. The van der Waals surface area contributed by atoms with Crippen LogP contribution in [0.15, 0.2) is 78.9 Å². The lowest BCUT2D eigenvalue weighted by Crippen LogP contribution is -2.12. The van der Waals surface area contributed by atoms with Crippen molar-refractivity contribution in [3.8, 4) is 11.3 Å². The number of ketones is 1. The molecule has 4 aromatic rings. The quantitative estimate of drug-likeness (QED) is 0.466. The van der Waals surface area contributed by atoms with Crippen LogP contribution in [0.5, 0.6) is 0 Å². The Morgan fingerprint density at radius 2 is 1.58 bits per heavy atom. The number of carbonyl (C=O) groups excluding carboxylic acids is 1. The van der Waals surface area contributed by atoms with Gasteiger partial charge in [0.25, 0.3) is 0 Å². The van der Waals surface area contributed by atoms with E-state index in [2.05, 4.69) is 53.1 Å². The van der Waals surface area contributed by atoms with E-state index in [0.717, 1.165) is 24.1 Å². The van der Waals surface area contributed by atoms with Gasteiger partial charge < -0.3 is 4.57 Å². The van der Waals surface area contributed by atoms with Gasteiger partial charge in [-0.1, -0.05) is 72.8 Å². The van der Waals surface area contributed by atoms with E-state index in [1.165, 1.54) is 27.7 Å². The molecule has 0 fully saturated rings. The zero-order valence-corrected chi connectivity index (χ0v) is 14.5. The molecular weight excluding hydrogens is 318 g/mol. The molecule has 0 atom stereocenters. The van der Waals surface area contributed by atoms with Gasteiger partial charge in [-0.15, -0.1) is 0 Å². The molecule has 0 spiro atoms. The lowest BCUT2D eigenvalue weighted by Gasteiger charge is -2.21. The molecule has 0 saturated heterocycles. The number of nitrogens with zero attached hydrogens (tertiary/aromatic N) is 1. The fourth-order valence-electron chi connectivity index (χ4n) is 4.18. The molecule has 2 heteroatoms. The Morgan fingerprint density at radius 1 is 0.846 bits per heavy atom. The third-order valence-electron chi connectivity index (χ3n) is 5.39. The second-order valence-electron chi connectivity index (χ2n) is 6.87. The summed E-state index contributed by atoms with van der Waals surface area (Å²) in [4.78, 5) is 12.9. The predicted octanol–water partition coefficient (Wildman–Crippen LogP) is 5.29. The Labute approximate surface area is 152 Å². The molecule has 2 nitrogen and oxygen atoms in total. The lowest BCUT2D eigenvalue weighted by molar-refractivity contribution is 0.0993. The second kappa shape index (κ2) is 5.99. The molecule has 0 aliphatic carbocycles. The molecule has 5 rings (SSSR count). The maximum absolute atomic E-state index is 12.9. The maximum atomic E-state index is 12.9. The second-order valence-corrected chi connectivity index (χ2v) is 6.87. The first-order valence-electron chi connectivity index (χ1n) is 9.09. The minimum Gasteiger partial charge on any atom is -0.340 e. The molecule has 1 aliphatic heterocycles. The molecule has 3 aromatic carbocycles. The minimum atomic E-state index is 0.174. The van der Waals surface area contributed by atoms with Crippen molar-refractivity contribution in [1.82, 2.24) is 4.57 Å². The molecule has 0 unspecified atom stereocenters. The van der Waals surface area contributed by atoms with Crippen molar-refractivity contribution in [1.29, 1.82) is 0 Å². The average Bonchev–Trinajstić information content (AvgIpc) is 3.03. The van der Waals surface area contributed by atoms with Gasteiger partial charge in [0.2, 0.25) is 0 Å². The molecule has 26 heavy (non-hydrogen) atoms. The Morgan fingerprint density at radius 3 is 2.46 bits per heavy atom. The van der Waals surface area contributed by atoms with Crippen LogP contribution >= 0.6 is 0 Å². The van der Waals surface area contributed by atoms with Crippen LogP contribution in [-0.2, 0) is 19.4 Å². The largest absolute Gasteiger partial charge is 0.340 e. The zero-order valence-electron chi connectivity index (χ0n) is 14.5. The monoisotopic (exact) mass is 337 g/mol. The van der Waals surface area contributed by atoms with Gasteiger partial charge in [0.05, 0.1) is 5.69 Å². The summed E-state index contributed by atoms with van der Waals surface area (Å²) in [5.74, 6) is 0.174. The van der Waals surface area contributed by atoms with Crippen molar-refractivity contribution in [3.05, 3.63) is 95.6 Å². The highest BCUT2D eigenvalue weighted by Gasteiger charge is 2.25. The van der Waals surface area contributed by atoms with Gasteiger partial charge in [-0.05, 0) is 23.6 Å². The van der Waals surface area contributed by atoms with Gasteiger partial charge in [-0.25, -0.2) is 0 Å². The van der Waals surface area contributed by atoms with Crippen molar-refractivity contribution < 1.29 is 4.79 Å². The molecule has 1 aliphatic rings. The van der Waals surface area contributed by atoms with Gasteiger partial charge in [0, 0.05) is 35.0 Å². The van der Waals surface area contributed by atoms with Crippen molar-refractivity contribution in [2.75, 3.05) is 0 Å². The van der Waals surface area contributed by atoms with E-state index in [1.807, 2.05) is 30.3 Å². The van der Waals surface area contributed by atoms with Crippen LogP contribution < -0.4 is 0 Å². The molecule has 1 aromatic heterocycles. The number of Topliss-reactive ketones (excluding diaryl/α,β-unsaturated/α-hetero) is 1. The van der Waals surface area contributed by atoms with E-state index >= 15 is 0 Å². The van der Waals surface area contributed by atoms with Gasteiger partial charge in [0.15, 0.2) is 5.78 Å². The number of hydrogen-bond acceptors (Lipinski definition) is 1. The number of aryl methyl sites for hydroxylation is 2. The summed E-state index contributed by atoms with van der Waals surface area (Å²) in [6.07, 6.45) is 1.47. The van der Waals surface area contributed by atoms with Crippen LogP contribution in [0.2, 0.25) is 0 Å². The number of benzene rings is 3. The summed E-state index contributed by atoms with van der Waals surface area (Å²) in [5, 5.41) is 1.20. The van der Waals surface area contributed by atoms with Crippen LogP contribution in [0.1, 0.15) is 21.5 Å². The first-order valence-corrected chi connectivity index (χ1v) is 9.09. The molecule has 0 bridgehead atoms. The summed E-state index contributed by atoms with van der Waals surface area (Å²) in [5.41, 5.74) is 7.02. The minimum absolute atomic E-state index is 0.174. The smallest absolute Gasteiger partial charge is 0.167 e. The Balaban J connectivity index is 1.72. The first kappa shape index (κ1) is 15.2. The number of hydrogen-bond donors (Lipinski definition) is 0. The number of para-hydroxylation sites is 1. The number of aromatic nitrogens is 1. The summed E-state index contributed by atoms with van der Waals surface area (Å²) < 4.78 is 2.39. The molecule has 0 amide bonds. The van der Waals surface area contributed by atoms with Crippen molar-refractivity contribution in [2.45, 2.75) is 19.4 Å². The van der Waals surface area contributed by atoms with Gasteiger partial charge >= 0.3 is 0 Å². The van der Waals surface area contributed by atoms with E-state index in [1.54, 1.807) is 0 Å². The Kier molecular flexibility index (Phi) is 3.49. The maximum Gasteiger partial charge on any atom is 0.167 e. The van der Waals surface area contributed by atoms with Gasteiger partial charge in [0.1, 0.15) is 0 Å². The molecule has 0 N–H and O–H groups in total. The van der Waals surface area contributed by atoms with E-state index in [0.29, 0.717) is 6.42 Å². The highest BCUT2D eigenvalue weighted by atomic mass is 16.1. The summed E-state index contributed by atoms with van der Waals surface area (Å²) in [7, 11) is 0. The van der Waals surface area contributed by atoms with Crippen LogP contribution in [-0.4, -0.2) is 10.4 Å². The fraction of sp³-hybridized carbons (Fsp3) is 0.125. The van der Waals surface area contributed by atoms with Crippen LogP contribution in [0.4, 0.5) is 0 Å². The SMILES string of the molecule is O=C(Cc1c2n(c3ccccc13)CCc1ccccc1-2)c1ccccc1.